The molecule has 1 saturated heterocycles. The second kappa shape index (κ2) is 4.49. The van der Waals surface area contributed by atoms with E-state index in [1.807, 2.05) is 4.90 Å². The SMILES string of the molecule is COC(=O)c1cccnc1N1CC[C@H](O)C1. The molecule has 1 fully saturated rings. The number of aromatic nitrogens is 1. The van der Waals surface area contributed by atoms with Crippen LogP contribution in [0.4, 0.5) is 5.82 Å². The smallest absolute Gasteiger partial charge is 0.341 e. The highest BCUT2D eigenvalue weighted by atomic mass is 16.5. The third-order valence-electron chi connectivity index (χ3n) is 2.65. The van der Waals surface area contributed by atoms with Crippen LogP contribution in [0.25, 0.3) is 0 Å². The van der Waals surface area contributed by atoms with Crippen LogP contribution in [0.5, 0.6) is 0 Å². The summed E-state index contributed by atoms with van der Waals surface area (Å²) >= 11 is 0. The average Bonchev–Trinajstić information content (AvgIpc) is 2.75. The van der Waals surface area contributed by atoms with E-state index in [1.165, 1.54) is 7.11 Å². The van der Waals surface area contributed by atoms with Crippen LogP contribution in [0.3, 0.4) is 0 Å². The van der Waals surface area contributed by atoms with Gasteiger partial charge in [-0.15, -0.1) is 0 Å². The van der Waals surface area contributed by atoms with Crippen molar-refractivity contribution in [3.63, 3.8) is 0 Å². The lowest BCUT2D eigenvalue weighted by molar-refractivity contribution is 0.0601. The summed E-state index contributed by atoms with van der Waals surface area (Å²) < 4.78 is 4.70. The predicted octanol–water partition coefficient (Wildman–Crippen LogP) is 0.439. The molecule has 0 unspecified atom stereocenters. The first-order chi connectivity index (χ1) is 7.72. The molecule has 0 radical (unpaired) electrons. The van der Waals surface area contributed by atoms with Gasteiger partial charge in [0.15, 0.2) is 0 Å². The van der Waals surface area contributed by atoms with Gasteiger partial charge in [0.2, 0.25) is 0 Å². The average molecular weight is 222 g/mol. The molecule has 1 atom stereocenters. The molecule has 0 spiro atoms. The van der Waals surface area contributed by atoms with Crippen molar-refractivity contribution in [1.82, 2.24) is 4.98 Å². The molecule has 0 aliphatic carbocycles. The zero-order valence-corrected chi connectivity index (χ0v) is 9.09. The number of pyridine rings is 1. The fourth-order valence-corrected chi connectivity index (χ4v) is 1.85. The van der Waals surface area contributed by atoms with Gasteiger partial charge in [-0.1, -0.05) is 0 Å². The van der Waals surface area contributed by atoms with Crippen LogP contribution in [0.2, 0.25) is 0 Å². The first-order valence-electron chi connectivity index (χ1n) is 5.18. The van der Waals surface area contributed by atoms with Crippen molar-refractivity contribution in [3.05, 3.63) is 23.9 Å². The number of aliphatic hydroxyl groups excluding tert-OH is 1. The fourth-order valence-electron chi connectivity index (χ4n) is 1.85. The Morgan fingerprint density at radius 3 is 3.12 bits per heavy atom. The number of nitrogens with zero attached hydrogens (tertiary/aromatic N) is 2. The van der Waals surface area contributed by atoms with Crippen molar-refractivity contribution in [2.75, 3.05) is 25.1 Å². The number of aliphatic hydroxyl groups is 1. The van der Waals surface area contributed by atoms with Gasteiger partial charge in [-0.05, 0) is 18.6 Å². The zero-order chi connectivity index (χ0) is 11.5. The highest BCUT2D eigenvalue weighted by molar-refractivity contribution is 5.94. The highest BCUT2D eigenvalue weighted by Gasteiger charge is 2.25. The number of hydrogen-bond acceptors (Lipinski definition) is 5. The minimum atomic E-state index is -0.399. The van der Waals surface area contributed by atoms with Crippen molar-refractivity contribution < 1.29 is 14.6 Å². The Hall–Kier alpha value is -1.62. The Balaban J connectivity index is 2.29. The maximum atomic E-state index is 11.5. The fraction of sp³-hybridized carbons (Fsp3) is 0.455. The minimum absolute atomic E-state index is 0.340. The summed E-state index contributed by atoms with van der Waals surface area (Å²) in [6.45, 7) is 1.23. The zero-order valence-electron chi connectivity index (χ0n) is 9.09. The van der Waals surface area contributed by atoms with E-state index in [4.69, 9.17) is 4.74 Å². The molecule has 2 heterocycles. The van der Waals surface area contributed by atoms with Crippen molar-refractivity contribution in [2.45, 2.75) is 12.5 Å². The summed E-state index contributed by atoms with van der Waals surface area (Å²) in [5, 5.41) is 9.46. The molecule has 0 saturated carbocycles. The van der Waals surface area contributed by atoms with Gasteiger partial charge in [-0.2, -0.15) is 0 Å². The topological polar surface area (TPSA) is 62.7 Å². The third kappa shape index (κ3) is 1.99. The third-order valence-corrected chi connectivity index (χ3v) is 2.65. The van der Waals surface area contributed by atoms with Gasteiger partial charge in [0.05, 0.1) is 13.2 Å². The molecule has 2 rings (SSSR count). The molecule has 1 N–H and O–H groups in total. The van der Waals surface area contributed by atoms with E-state index in [0.717, 1.165) is 0 Å². The lowest BCUT2D eigenvalue weighted by Gasteiger charge is -2.18. The van der Waals surface area contributed by atoms with Crippen LogP contribution in [0.15, 0.2) is 18.3 Å². The van der Waals surface area contributed by atoms with E-state index < -0.39 is 5.97 Å². The molecule has 1 aliphatic rings. The van der Waals surface area contributed by atoms with Gasteiger partial charge in [0.25, 0.3) is 0 Å². The number of ether oxygens (including phenoxy) is 1. The van der Waals surface area contributed by atoms with Crippen molar-refractivity contribution in [1.29, 1.82) is 0 Å². The van der Waals surface area contributed by atoms with Crippen molar-refractivity contribution in [2.24, 2.45) is 0 Å². The van der Waals surface area contributed by atoms with Crippen LogP contribution in [0, 0.1) is 0 Å². The van der Waals surface area contributed by atoms with Gasteiger partial charge in [-0.25, -0.2) is 9.78 Å². The summed E-state index contributed by atoms with van der Waals surface area (Å²) in [7, 11) is 1.35. The molecule has 5 nitrogen and oxygen atoms in total. The first kappa shape index (κ1) is 10.9. The van der Waals surface area contributed by atoms with E-state index in [1.54, 1.807) is 18.3 Å². The van der Waals surface area contributed by atoms with Gasteiger partial charge < -0.3 is 14.7 Å². The number of esters is 1. The van der Waals surface area contributed by atoms with Crippen LogP contribution < -0.4 is 4.90 Å². The van der Waals surface area contributed by atoms with Gasteiger partial charge in [0.1, 0.15) is 11.4 Å². The molecular formula is C11H14N2O3. The second-order valence-electron chi connectivity index (χ2n) is 3.75. The largest absolute Gasteiger partial charge is 0.465 e. The maximum absolute atomic E-state index is 11.5. The van der Waals surface area contributed by atoms with Gasteiger partial charge in [-0.3, -0.25) is 0 Å². The molecule has 1 aromatic rings. The Labute approximate surface area is 93.7 Å². The van der Waals surface area contributed by atoms with E-state index in [0.29, 0.717) is 30.9 Å². The molecule has 16 heavy (non-hydrogen) atoms. The van der Waals surface area contributed by atoms with Crippen LogP contribution in [-0.4, -0.2) is 42.4 Å². The first-order valence-corrected chi connectivity index (χ1v) is 5.18. The number of anilines is 1. The maximum Gasteiger partial charge on any atom is 0.341 e. The minimum Gasteiger partial charge on any atom is -0.465 e. The summed E-state index contributed by atoms with van der Waals surface area (Å²) in [4.78, 5) is 17.6. The summed E-state index contributed by atoms with van der Waals surface area (Å²) in [5.74, 6) is 0.190. The summed E-state index contributed by atoms with van der Waals surface area (Å²) in [6.07, 6.45) is 2.00. The standard InChI is InChI=1S/C11H14N2O3/c1-16-11(15)9-3-2-5-12-10(9)13-6-4-8(14)7-13/h2-3,5,8,14H,4,6-7H2,1H3/t8-/m0/s1. The number of β-amino-alcohol motifs (C(OH)–C–C–N with tert-alkyl or cyclic N) is 1. The number of carbonyl (C=O) groups is 1. The van der Waals surface area contributed by atoms with E-state index in [-0.39, 0.29) is 6.10 Å². The second-order valence-corrected chi connectivity index (χ2v) is 3.75. The molecule has 0 bridgehead atoms. The molecular weight excluding hydrogens is 208 g/mol. The molecule has 1 aliphatic heterocycles. The Kier molecular flexibility index (Phi) is 3.05. The lowest BCUT2D eigenvalue weighted by atomic mass is 10.2. The monoisotopic (exact) mass is 222 g/mol. The summed E-state index contributed by atoms with van der Waals surface area (Å²) in [6, 6.07) is 3.38. The molecule has 86 valence electrons. The number of hydrogen-bond donors (Lipinski definition) is 1. The molecule has 0 amide bonds. The van der Waals surface area contributed by atoms with Crippen molar-refractivity contribution >= 4 is 11.8 Å². The quantitative estimate of drug-likeness (QED) is 0.736. The van der Waals surface area contributed by atoms with Gasteiger partial charge >= 0.3 is 5.97 Å². The highest BCUT2D eigenvalue weighted by Crippen LogP contribution is 2.22. The lowest BCUT2D eigenvalue weighted by Crippen LogP contribution is -2.24. The molecule has 1 aromatic heterocycles. The van der Waals surface area contributed by atoms with Crippen LogP contribution in [0.1, 0.15) is 16.8 Å². The van der Waals surface area contributed by atoms with Crippen molar-refractivity contribution in [3.8, 4) is 0 Å². The number of rotatable bonds is 2. The van der Waals surface area contributed by atoms with Crippen LogP contribution in [-0.2, 0) is 4.74 Å². The van der Waals surface area contributed by atoms with Gasteiger partial charge in [0, 0.05) is 19.3 Å². The molecule has 5 heteroatoms. The Morgan fingerprint density at radius 2 is 2.50 bits per heavy atom. The molecule has 0 aromatic carbocycles. The van der Waals surface area contributed by atoms with E-state index >= 15 is 0 Å². The Bertz CT molecular complexity index is 395. The van der Waals surface area contributed by atoms with E-state index in [9.17, 15) is 9.90 Å². The normalized spacial score (nSPS) is 19.9. The summed E-state index contributed by atoms with van der Waals surface area (Å²) in [5.41, 5.74) is 0.444. The van der Waals surface area contributed by atoms with E-state index in [2.05, 4.69) is 4.98 Å². The van der Waals surface area contributed by atoms with Crippen LogP contribution >= 0.6 is 0 Å². The number of methoxy groups -OCH3 is 1. The number of carbonyl (C=O) groups excluding carboxylic acids is 1. The Morgan fingerprint density at radius 1 is 1.69 bits per heavy atom. The predicted molar refractivity (Wildman–Crippen MR) is 58.4 cm³/mol.